The van der Waals surface area contributed by atoms with E-state index in [0.717, 1.165) is 35.5 Å². The average Bonchev–Trinajstić information content (AvgIpc) is 3.25. The van der Waals surface area contributed by atoms with Gasteiger partial charge >= 0.3 is 12.2 Å². The van der Waals surface area contributed by atoms with Gasteiger partial charge in [-0.25, -0.2) is 4.79 Å². The summed E-state index contributed by atoms with van der Waals surface area (Å²) in [7, 11) is 0. The highest BCUT2D eigenvalue weighted by atomic mass is 19.4. The Morgan fingerprint density at radius 3 is 2.55 bits per heavy atom. The first-order valence-electron chi connectivity index (χ1n) is 12.3. The van der Waals surface area contributed by atoms with Crippen molar-refractivity contribution in [3.63, 3.8) is 0 Å². The van der Waals surface area contributed by atoms with E-state index < -0.39 is 30.1 Å². The van der Waals surface area contributed by atoms with Gasteiger partial charge in [-0.2, -0.15) is 13.2 Å². The van der Waals surface area contributed by atoms with Gasteiger partial charge in [0, 0.05) is 43.1 Å². The standard InChI is InChI=1S/C26H33F3N6O3/c1-15(2)32-25(38)34-22-10-17(5-4-16(22)3)13-35-9-8-19(14-35)33-23(36)12-31-24(37)20-11-18(26(27,28)29)6-7-21(20)30/h4-7,10-11,15,19H,8-9,12-14,30H2,1-3H3,(H,31,37)(H,33,36)(H2,32,34,38). The molecule has 2 aromatic rings. The molecule has 1 unspecified atom stereocenters. The number of amides is 4. The first kappa shape index (κ1) is 28.8. The van der Waals surface area contributed by atoms with Crippen LogP contribution in [0.25, 0.3) is 0 Å². The zero-order valence-corrected chi connectivity index (χ0v) is 21.5. The summed E-state index contributed by atoms with van der Waals surface area (Å²) in [5.41, 5.74) is 6.87. The normalized spacial score (nSPS) is 15.8. The average molecular weight is 535 g/mol. The maximum absolute atomic E-state index is 12.9. The van der Waals surface area contributed by atoms with Crippen LogP contribution in [0.5, 0.6) is 0 Å². The highest BCUT2D eigenvalue weighted by molar-refractivity contribution is 6.00. The van der Waals surface area contributed by atoms with Crippen molar-refractivity contribution >= 4 is 29.2 Å². The van der Waals surface area contributed by atoms with E-state index in [1.807, 2.05) is 39.0 Å². The van der Waals surface area contributed by atoms with Gasteiger partial charge in [-0.1, -0.05) is 12.1 Å². The second-order valence-electron chi connectivity index (χ2n) is 9.67. The number of hydrogen-bond donors (Lipinski definition) is 5. The molecule has 0 bridgehead atoms. The molecule has 12 heteroatoms. The Morgan fingerprint density at radius 2 is 1.87 bits per heavy atom. The van der Waals surface area contributed by atoms with Gasteiger partial charge in [-0.3, -0.25) is 14.5 Å². The summed E-state index contributed by atoms with van der Waals surface area (Å²) in [6.45, 7) is 7.23. The fraction of sp³-hybridized carbons (Fsp3) is 0.423. The summed E-state index contributed by atoms with van der Waals surface area (Å²) in [5, 5.41) is 10.8. The number of carbonyl (C=O) groups is 3. The van der Waals surface area contributed by atoms with Gasteiger partial charge in [-0.05, 0) is 62.6 Å². The van der Waals surface area contributed by atoms with Gasteiger partial charge in [0.1, 0.15) is 0 Å². The maximum Gasteiger partial charge on any atom is 0.416 e. The lowest BCUT2D eigenvalue weighted by Crippen LogP contribution is -2.43. The van der Waals surface area contributed by atoms with Crippen LogP contribution in [0.3, 0.4) is 0 Å². The first-order valence-corrected chi connectivity index (χ1v) is 12.3. The van der Waals surface area contributed by atoms with E-state index in [2.05, 4.69) is 26.2 Å². The van der Waals surface area contributed by atoms with Gasteiger partial charge < -0.3 is 27.0 Å². The number of halogens is 3. The smallest absolute Gasteiger partial charge is 0.398 e. The van der Waals surface area contributed by atoms with Crippen molar-refractivity contribution in [1.29, 1.82) is 0 Å². The van der Waals surface area contributed by atoms with E-state index in [9.17, 15) is 27.6 Å². The molecule has 1 aliphatic heterocycles. The van der Waals surface area contributed by atoms with E-state index in [-0.39, 0.29) is 29.4 Å². The maximum atomic E-state index is 12.9. The van der Waals surface area contributed by atoms with Crippen LogP contribution in [0.1, 0.15) is 47.3 Å². The second kappa shape index (κ2) is 12.2. The molecule has 1 aliphatic rings. The van der Waals surface area contributed by atoms with E-state index >= 15 is 0 Å². The number of rotatable bonds is 8. The third kappa shape index (κ3) is 8.10. The zero-order valence-electron chi connectivity index (χ0n) is 21.5. The van der Waals surface area contributed by atoms with Crippen LogP contribution >= 0.6 is 0 Å². The van der Waals surface area contributed by atoms with Crippen molar-refractivity contribution < 1.29 is 27.6 Å². The molecular weight excluding hydrogens is 501 g/mol. The third-order valence-corrected chi connectivity index (χ3v) is 6.05. The number of nitrogens with zero attached hydrogens (tertiary/aromatic N) is 1. The third-order valence-electron chi connectivity index (χ3n) is 6.05. The van der Waals surface area contributed by atoms with Crippen molar-refractivity contribution in [1.82, 2.24) is 20.9 Å². The van der Waals surface area contributed by atoms with E-state index in [1.165, 1.54) is 0 Å². The Hall–Kier alpha value is -3.80. The summed E-state index contributed by atoms with van der Waals surface area (Å²) in [5.74, 6) is -1.31. The molecule has 9 nitrogen and oxygen atoms in total. The Balaban J connectivity index is 1.49. The monoisotopic (exact) mass is 534 g/mol. The number of hydrogen-bond acceptors (Lipinski definition) is 5. The summed E-state index contributed by atoms with van der Waals surface area (Å²) in [6, 6.07) is 7.93. The summed E-state index contributed by atoms with van der Waals surface area (Å²) in [4.78, 5) is 38.9. The van der Waals surface area contributed by atoms with Crippen LogP contribution in [0, 0.1) is 6.92 Å². The number of benzene rings is 2. The fourth-order valence-electron chi connectivity index (χ4n) is 4.14. The molecule has 1 atom stereocenters. The lowest BCUT2D eigenvalue weighted by molar-refractivity contribution is -0.137. The Bertz CT molecular complexity index is 1190. The SMILES string of the molecule is Cc1ccc(CN2CCC(NC(=O)CNC(=O)c3cc(C(F)(F)F)ccc3N)C2)cc1NC(=O)NC(C)C. The number of likely N-dealkylation sites (tertiary alicyclic amines) is 1. The molecule has 206 valence electrons. The number of aryl methyl sites for hydroxylation is 1. The van der Waals surface area contributed by atoms with Crippen LogP contribution in [0.4, 0.5) is 29.3 Å². The second-order valence-corrected chi connectivity index (χ2v) is 9.67. The van der Waals surface area contributed by atoms with Crippen LogP contribution in [0.2, 0.25) is 0 Å². The molecule has 1 heterocycles. The summed E-state index contributed by atoms with van der Waals surface area (Å²) < 4.78 is 38.8. The number of anilines is 2. The molecule has 1 saturated heterocycles. The number of carbonyl (C=O) groups excluding carboxylic acids is 3. The van der Waals surface area contributed by atoms with E-state index in [0.29, 0.717) is 25.6 Å². The van der Waals surface area contributed by atoms with Crippen molar-refractivity contribution in [2.75, 3.05) is 30.7 Å². The van der Waals surface area contributed by atoms with Crippen molar-refractivity contribution in [2.45, 2.75) is 52.0 Å². The van der Waals surface area contributed by atoms with Crippen molar-refractivity contribution in [2.24, 2.45) is 0 Å². The first-order chi connectivity index (χ1) is 17.8. The number of urea groups is 1. The minimum absolute atomic E-state index is 0.0160. The van der Waals surface area contributed by atoms with Gasteiger partial charge in [0.15, 0.2) is 0 Å². The molecule has 0 aromatic heterocycles. The lowest BCUT2D eigenvalue weighted by Gasteiger charge is -2.18. The number of nitrogens with one attached hydrogen (secondary N) is 4. The Kier molecular flexibility index (Phi) is 9.21. The minimum Gasteiger partial charge on any atom is -0.398 e. The summed E-state index contributed by atoms with van der Waals surface area (Å²) >= 11 is 0. The van der Waals surface area contributed by atoms with Crippen LogP contribution in [-0.2, 0) is 17.5 Å². The van der Waals surface area contributed by atoms with Crippen LogP contribution in [0.15, 0.2) is 36.4 Å². The number of nitrogen functional groups attached to an aromatic ring is 1. The molecule has 6 N–H and O–H groups in total. The van der Waals surface area contributed by atoms with Gasteiger partial charge in [-0.15, -0.1) is 0 Å². The quantitative estimate of drug-likeness (QED) is 0.332. The minimum atomic E-state index is -4.62. The molecule has 0 aliphatic carbocycles. The highest BCUT2D eigenvalue weighted by Gasteiger charge is 2.31. The summed E-state index contributed by atoms with van der Waals surface area (Å²) in [6.07, 6.45) is -3.92. The lowest BCUT2D eigenvalue weighted by atomic mass is 10.1. The topological polar surface area (TPSA) is 129 Å². The van der Waals surface area contributed by atoms with Crippen molar-refractivity contribution in [3.05, 3.63) is 58.7 Å². The molecule has 0 saturated carbocycles. The number of nitrogens with two attached hydrogens (primary N) is 1. The molecule has 3 rings (SSSR count). The largest absolute Gasteiger partial charge is 0.416 e. The van der Waals surface area contributed by atoms with Crippen LogP contribution in [-0.4, -0.2) is 54.5 Å². The van der Waals surface area contributed by atoms with Gasteiger partial charge in [0.25, 0.3) is 5.91 Å². The van der Waals surface area contributed by atoms with E-state index in [1.54, 1.807) is 0 Å². The van der Waals surface area contributed by atoms with E-state index in [4.69, 9.17) is 5.73 Å². The molecule has 38 heavy (non-hydrogen) atoms. The molecule has 0 radical (unpaired) electrons. The molecule has 4 amide bonds. The number of alkyl halides is 3. The van der Waals surface area contributed by atoms with Gasteiger partial charge in [0.2, 0.25) is 5.91 Å². The predicted molar refractivity (Wildman–Crippen MR) is 138 cm³/mol. The molecule has 2 aromatic carbocycles. The highest BCUT2D eigenvalue weighted by Crippen LogP contribution is 2.31. The fourth-order valence-corrected chi connectivity index (χ4v) is 4.14. The molecular formula is C26H33F3N6O3. The Morgan fingerprint density at radius 1 is 1.13 bits per heavy atom. The zero-order chi connectivity index (χ0) is 28.0. The Labute approximate surface area is 219 Å². The van der Waals surface area contributed by atoms with Crippen molar-refractivity contribution in [3.8, 4) is 0 Å². The molecule has 1 fully saturated rings. The predicted octanol–water partition coefficient (Wildman–Crippen LogP) is 3.25. The van der Waals surface area contributed by atoms with Crippen LogP contribution < -0.4 is 27.0 Å². The van der Waals surface area contributed by atoms with Gasteiger partial charge in [0.05, 0.1) is 17.7 Å². The molecule has 0 spiro atoms.